The van der Waals surface area contributed by atoms with Crippen LogP contribution in [0.4, 0.5) is 4.39 Å². The second kappa shape index (κ2) is 11.2. The van der Waals surface area contributed by atoms with Gasteiger partial charge in [0.1, 0.15) is 23.9 Å². The number of methoxy groups -OCH3 is 1. The summed E-state index contributed by atoms with van der Waals surface area (Å²) >= 11 is 0. The summed E-state index contributed by atoms with van der Waals surface area (Å²) in [6, 6.07) is 18.3. The first kappa shape index (κ1) is 26.0. The number of benzene rings is 3. The van der Waals surface area contributed by atoms with Gasteiger partial charge in [-0.2, -0.15) is 0 Å². The Balaban J connectivity index is 1.85. The molecule has 0 heterocycles. The summed E-state index contributed by atoms with van der Waals surface area (Å²) in [6.07, 6.45) is 3.79. The highest BCUT2D eigenvalue weighted by Gasteiger charge is 2.21. The van der Waals surface area contributed by atoms with Gasteiger partial charge in [-0.1, -0.05) is 57.2 Å². The normalized spacial score (nSPS) is 12.5. The smallest absolute Gasteiger partial charge is 0.304 e. The largest absolute Gasteiger partial charge is 0.497 e. The van der Waals surface area contributed by atoms with Crippen molar-refractivity contribution in [3.8, 4) is 22.6 Å². The van der Waals surface area contributed by atoms with E-state index in [0.717, 1.165) is 22.3 Å². The maximum atomic E-state index is 14.9. The number of carboxylic acids is 1. The molecule has 184 valence electrons. The van der Waals surface area contributed by atoms with Crippen molar-refractivity contribution in [2.24, 2.45) is 0 Å². The van der Waals surface area contributed by atoms with Gasteiger partial charge in [0.05, 0.1) is 13.5 Å². The van der Waals surface area contributed by atoms with Gasteiger partial charge in [0, 0.05) is 11.5 Å². The zero-order valence-electron chi connectivity index (χ0n) is 21.0. The van der Waals surface area contributed by atoms with Crippen molar-refractivity contribution < 1.29 is 23.8 Å². The summed E-state index contributed by atoms with van der Waals surface area (Å²) in [5.41, 5.74) is 3.99. The minimum atomic E-state index is -0.838. The Morgan fingerprint density at radius 1 is 1.00 bits per heavy atom. The molecule has 4 nitrogen and oxygen atoms in total. The van der Waals surface area contributed by atoms with Crippen LogP contribution in [0.3, 0.4) is 0 Å². The van der Waals surface area contributed by atoms with Crippen LogP contribution in [-0.4, -0.2) is 18.2 Å². The van der Waals surface area contributed by atoms with Gasteiger partial charge in [0.25, 0.3) is 0 Å². The lowest BCUT2D eigenvalue weighted by Crippen LogP contribution is -2.13. The Morgan fingerprint density at radius 2 is 1.69 bits per heavy atom. The summed E-state index contributed by atoms with van der Waals surface area (Å²) in [5.74, 6) is -0.0475. The van der Waals surface area contributed by atoms with E-state index in [-0.39, 0.29) is 23.6 Å². The third kappa shape index (κ3) is 6.72. The molecular formula is C30H33FO4. The first-order valence-electron chi connectivity index (χ1n) is 11.7. The Morgan fingerprint density at radius 3 is 2.29 bits per heavy atom. The highest BCUT2D eigenvalue weighted by Crippen LogP contribution is 2.37. The third-order valence-electron chi connectivity index (χ3n) is 5.89. The lowest BCUT2D eigenvalue weighted by Gasteiger charge is -2.24. The van der Waals surface area contributed by atoms with Gasteiger partial charge < -0.3 is 14.6 Å². The molecule has 5 heteroatoms. The van der Waals surface area contributed by atoms with Gasteiger partial charge in [-0.3, -0.25) is 4.79 Å². The van der Waals surface area contributed by atoms with Crippen LogP contribution < -0.4 is 9.47 Å². The average Bonchev–Trinajstić information content (AvgIpc) is 2.82. The first-order valence-corrected chi connectivity index (χ1v) is 11.7. The van der Waals surface area contributed by atoms with Crippen molar-refractivity contribution in [3.05, 3.63) is 95.3 Å². The monoisotopic (exact) mass is 476 g/mol. The van der Waals surface area contributed by atoms with E-state index < -0.39 is 5.97 Å². The number of hydrogen-bond acceptors (Lipinski definition) is 3. The molecule has 1 atom stereocenters. The molecule has 0 saturated carbocycles. The maximum Gasteiger partial charge on any atom is 0.304 e. The van der Waals surface area contributed by atoms with E-state index in [2.05, 4.69) is 20.8 Å². The Bertz CT molecular complexity index is 1190. The van der Waals surface area contributed by atoms with Crippen LogP contribution in [0.5, 0.6) is 11.5 Å². The number of aliphatic carboxylic acids is 1. The van der Waals surface area contributed by atoms with E-state index >= 15 is 0 Å². The number of halogens is 1. The maximum absolute atomic E-state index is 14.9. The second-order valence-electron chi connectivity index (χ2n) is 9.56. The Kier molecular flexibility index (Phi) is 8.34. The summed E-state index contributed by atoms with van der Waals surface area (Å²) in [7, 11) is 1.57. The standard InChI is InChI=1S/C30H33FO4/c1-6-7-22(17-29(32)33)21-9-11-23(12-10-21)35-19-20-8-14-27(30(2,3)4)25(16-20)26-18-24(34-5)13-15-28(26)31/h6-16,18,22H,17,19H2,1-5H3,(H,32,33)/b7-6-/t22-/m0/s1. The fourth-order valence-electron chi connectivity index (χ4n) is 4.09. The fourth-order valence-corrected chi connectivity index (χ4v) is 4.09. The van der Waals surface area contributed by atoms with Crippen LogP contribution >= 0.6 is 0 Å². The SMILES string of the molecule is C/C=C\[C@@H](CC(=O)O)c1ccc(OCc2ccc(C(C)(C)C)c(-c3cc(OC)ccc3F)c2)cc1. The van der Waals surface area contributed by atoms with Gasteiger partial charge >= 0.3 is 5.97 Å². The van der Waals surface area contributed by atoms with Crippen molar-refractivity contribution in [1.29, 1.82) is 0 Å². The summed E-state index contributed by atoms with van der Waals surface area (Å²) in [4.78, 5) is 11.2. The highest BCUT2D eigenvalue weighted by atomic mass is 19.1. The van der Waals surface area contributed by atoms with Crippen molar-refractivity contribution in [2.75, 3.05) is 7.11 Å². The predicted octanol–water partition coefficient (Wildman–Crippen LogP) is 7.51. The van der Waals surface area contributed by atoms with E-state index in [1.165, 1.54) is 6.07 Å². The summed E-state index contributed by atoms with van der Waals surface area (Å²) in [5, 5.41) is 9.17. The van der Waals surface area contributed by atoms with Crippen LogP contribution in [0.25, 0.3) is 11.1 Å². The molecule has 0 aliphatic rings. The molecule has 3 rings (SSSR count). The molecule has 3 aromatic carbocycles. The van der Waals surface area contributed by atoms with Crippen molar-refractivity contribution >= 4 is 5.97 Å². The lowest BCUT2D eigenvalue weighted by molar-refractivity contribution is -0.137. The van der Waals surface area contributed by atoms with Gasteiger partial charge in [0.2, 0.25) is 0 Å². The number of carbonyl (C=O) groups is 1. The molecule has 1 N–H and O–H groups in total. The predicted molar refractivity (Wildman–Crippen MR) is 138 cm³/mol. The molecule has 0 aromatic heterocycles. The van der Waals surface area contributed by atoms with Gasteiger partial charge in [-0.25, -0.2) is 4.39 Å². The molecule has 0 saturated heterocycles. The molecule has 35 heavy (non-hydrogen) atoms. The minimum Gasteiger partial charge on any atom is -0.497 e. The van der Waals surface area contributed by atoms with E-state index in [9.17, 15) is 9.18 Å². The molecule has 0 aliphatic carbocycles. The Labute approximate surface area is 207 Å². The van der Waals surface area contributed by atoms with Gasteiger partial charge in [0.15, 0.2) is 0 Å². The fraction of sp³-hybridized carbons (Fsp3) is 0.300. The zero-order valence-corrected chi connectivity index (χ0v) is 21.0. The number of carboxylic acid groups (broad SMARTS) is 1. The molecule has 0 radical (unpaired) electrons. The number of allylic oxidation sites excluding steroid dienone is 2. The van der Waals surface area contributed by atoms with E-state index in [0.29, 0.717) is 23.7 Å². The molecule has 0 fully saturated rings. The van der Waals surface area contributed by atoms with Crippen LogP contribution in [0.15, 0.2) is 72.8 Å². The van der Waals surface area contributed by atoms with Crippen LogP contribution in [-0.2, 0) is 16.8 Å². The number of rotatable bonds is 9. The highest BCUT2D eigenvalue weighted by molar-refractivity contribution is 5.71. The molecule has 0 spiro atoms. The van der Waals surface area contributed by atoms with E-state index in [1.807, 2.05) is 61.5 Å². The molecule has 0 amide bonds. The summed E-state index contributed by atoms with van der Waals surface area (Å²) < 4.78 is 26.2. The topological polar surface area (TPSA) is 55.8 Å². The van der Waals surface area contributed by atoms with Crippen LogP contribution in [0, 0.1) is 5.82 Å². The molecule has 3 aromatic rings. The van der Waals surface area contributed by atoms with Crippen molar-refractivity contribution in [3.63, 3.8) is 0 Å². The Hall–Kier alpha value is -3.60. The quantitative estimate of drug-likeness (QED) is 0.325. The molecule has 0 aliphatic heterocycles. The van der Waals surface area contributed by atoms with Gasteiger partial charge in [-0.05, 0) is 71.0 Å². The van der Waals surface area contributed by atoms with Gasteiger partial charge in [-0.15, -0.1) is 0 Å². The molecule has 0 bridgehead atoms. The average molecular weight is 477 g/mol. The van der Waals surface area contributed by atoms with Crippen molar-refractivity contribution in [2.45, 2.75) is 52.1 Å². The van der Waals surface area contributed by atoms with Crippen LogP contribution in [0.1, 0.15) is 56.7 Å². The number of hydrogen-bond donors (Lipinski definition) is 1. The van der Waals surface area contributed by atoms with Crippen molar-refractivity contribution in [1.82, 2.24) is 0 Å². The second-order valence-corrected chi connectivity index (χ2v) is 9.56. The van der Waals surface area contributed by atoms with E-state index in [1.54, 1.807) is 19.2 Å². The lowest BCUT2D eigenvalue weighted by atomic mass is 9.81. The minimum absolute atomic E-state index is 0.0360. The summed E-state index contributed by atoms with van der Waals surface area (Å²) in [6.45, 7) is 8.51. The number of ether oxygens (including phenoxy) is 2. The molecule has 0 unspecified atom stereocenters. The molecular weight excluding hydrogens is 443 g/mol. The van der Waals surface area contributed by atoms with Crippen LogP contribution in [0.2, 0.25) is 0 Å². The van der Waals surface area contributed by atoms with E-state index in [4.69, 9.17) is 14.6 Å². The zero-order chi connectivity index (χ0) is 25.6. The third-order valence-corrected chi connectivity index (χ3v) is 5.89. The first-order chi connectivity index (χ1) is 16.6.